The first kappa shape index (κ1) is 23.2. The molecule has 1 saturated heterocycles. The highest BCUT2D eigenvalue weighted by Crippen LogP contribution is 2.42. The van der Waals surface area contributed by atoms with Gasteiger partial charge < -0.3 is 10.4 Å². The van der Waals surface area contributed by atoms with Gasteiger partial charge in [0.1, 0.15) is 34.6 Å². The number of amides is 2. The van der Waals surface area contributed by atoms with Crippen LogP contribution in [0.5, 0.6) is 0 Å². The number of aliphatic hydroxyl groups is 1. The fourth-order valence-corrected chi connectivity index (χ4v) is 4.42. The third-order valence-electron chi connectivity index (χ3n) is 5.89. The van der Waals surface area contributed by atoms with Crippen molar-refractivity contribution < 1.29 is 32.3 Å². The molecule has 11 heteroatoms. The molecule has 2 amide bonds. The monoisotopic (exact) mass is 527 g/mol. The van der Waals surface area contributed by atoms with Crippen LogP contribution in [-0.2, 0) is 16.1 Å². The Bertz CT molecular complexity index is 1180. The smallest absolute Gasteiger partial charge is 0.277 e. The van der Waals surface area contributed by atoms with Crippen molar-refractivity contribution in [3.05, 3.63) is 75.0 Å². The van der Waals surface area contributed by atoms with Crippen LogP contribution in [0.1, 0.15) is 25.3 Å². The van der Waals surface area contributed by atoms with E-state index >= 15 is 0 Å². The molecule has 2 N–H and O–H groups in total. The number of rotatable bonds is 4. The lowest BCUT2D eigenvalue weighted by Crippen LogP contribution is -2.60. The molecule has 174 valence electrons. The van der Waals surface area contributed by atoms with Crippen LogP contribution >= 0.6 is 15.9 Å². The standard InChI is InChI=1S/C22H18BrF4N3O3/c1-22-5-2-6-30(22)29(10-11-7-12(24)3-4-14(11)25)21(33)17(19(22)31)20(32)28-13-8-15(26)18(23)16(27)9-13/h3-4,7-9,31H,2,5-6,10H2,1H3,(H,28,32). The van der Waals surface area contributed by atoms with Gasteiger partial charge in [-0.15, -0.1) is 0 Å². The van der Waals surface area contributed by atoms with Crippen molar-refractivity contribution in [2.45, 2.75) is 31.8 Å². The molecule has 1 unspecified atom stereocenters. The number of hydrazine groups is 1. The van der Waals surface area contributed by atoms with E-state index in [0.717, 1.165) is 35.3 Å². The minimum Gasteiger partial charge on any atom is -0.509 e. The van der Waals surface area contributed by atoms with Crippen molar-refractivity contribution in [2.24, 2.45) is 0 Å². The van der Waals surface area contributed by atoms with Crippen LogP contribution in [0.3, 0.4) is 0 Å². The second kappa shape index (κ2) is 8.45. The molecule has 0 bridgehead atoms. The van der Waals surface area contributed by atoms with Crippen LogP contribution in [0, 0.1) is 23.3 Å². The van der Waals surface area contributed by atoms with E-state index in [-0.39, 0.29) is 17.8 Å². The molecular formula is C22H18BrF4N3O3. The maximum atomic E-state index is 14.3. The number of anilines is 1. The van der Waals surface area contributed by atoms with Gasteiger partial charge in [-0.1, -0.05) is 0 Å². The summed E-state index contributed by atoms with van der Waals surface area (Å²) in [7, 11) is 0. The van der Waals surface area contributed by atoms with Gasteiger partial charge in [-0.25, -0.2) is 22.6 Å². The maximum Gasteiger partial charge on any atom is 0.277 e. The Kier molecular flexibility index (Phi) is 5.95. The predicted molar refractivity (Wildman–Crippen MR) is 114 cm³/mol. The third-order valence-corrected chi connectivity index (χ3v) is 6.64. The van der Waals surface area contributed by atoms with Crippen LogP contribution in [0.4, 0.5) is 23.2 Å². The van der Waals surface area contributed by atoms with E-state index in [0.29, 0.717) is 19.4 Å². The Balaban J connectivity index is 1.72. The first-order valence-corrected chi connectivity index (χ1v) is 10.7. The molecule has 0 aliphatic carbocycles. The van der Waals surface area contributed by atoms with Crippen LogP contribution < -0.4 is 5.32 Å². The molecule has 2 aromatic carbocycles. The van der Waals surface area contributed by atoms with Crippen LogP contribution in [0.15, 0.2) is 46.1 Å². The fraction of sp³-hybridized carbons (Fsp3) is 0.273. The summed E-state index contributed by atoms with van der Waals surface area (Å²) in [5.41, 5.74) is -2.18. The van der Waals surface area contributed by atoms with Crippen molar-refractivity contribution in [1.29, 1.82) is 0 Å². The zero-order valence-electron chi connectivity index (χ0n) is 17.3. The molecule has 0 aromatic heterocycles. The molecule has 2 heterocycles. The molecule has 2 aliphatic rings. The molecule has 2 aromatic rings. The van der Waals surface area contributed by atoms with Crippen molar-refractivity contribution in [1.82, 2.24) is 10.0 Å². The average molecular weight is 528 g/mol. The highest BCUT2D eigenvalue weighted by Gasteiger charge is 2.52. The van der Waals surface area contributed by atoms with Crippen LogP contribution in [0.25, 0.3) is 0 Å². The number of hydrogen-bond acceptors (Lipinski definition) is 4. The Morgan fingerprint density at radius 3 is 2.48 bits per heavy atom. The summed E-state index contributed by atoms with van der Waals surface area (Å²) in [5.74, 6) is -5.93. The Labute approximate surface area is 194 Å². The summed E-state index contributed by atoms with van der Waals surface area (Å²) in [5, 5.41) is 15.7. The van der Waals surface area contributed by atoms with Gasteiger partial charge in [-0.3, -0.25) is 14.6 Å². The topological polar surface area (TPSA) is 72.9 Å². The molecular weight excluding hydrogens is 510 g/mol. The number of benzene rings is 2. The number of aliphatic hydroxyl groups excluding tert-OH is 1. The van der Waals surface area contributed by atoms with E-state index in [4.69, 9.17) is 0 Å². The zero-order valence-corrected chi connectivity index (χ0v) is 18.8. The van der Waals surface area contributed by atoms with Gasteiger partial charge >= 0.3 is 0 Å². The Hall–Kier alpha value is -2.92. The lowest BCUT2D eigenvalue weighted by molar-refractivity contribution is -0.160. The van der Waals surface area contributed by atoms with E-state index in [1.54, 1.807) is 6.92 Å². The number of carbonyl (C=O) groups excluding carboxylic acids is 2. The first-order chi connectivity index (χ1) is 15.5. The molecule has 0 spiro atoms. The summed E-state index contributed by atoms with van der Waals surface area (Å²) < 4.78 is 55.2. The van der Waals surface area contributed by atoms with Crippen molar-refractivity contribution >= 4 is 33.4 Å². The lowest BCUT2D eigenvalue weighted by atomic mass is 9.90. The molecule has 1 fully saturated rings. The summed E-state index contributed by atoms with van der Waals surface area (Å²) in [6.45, 7) is 1.56. The van der Waals surface area contributed by atoms with Gasteiger partial charge in [0, 0.05) is 17.8 Å². The fourth-order valence-electron chi connectivity index (χ4n) is 4.19. The SMILES string of the molecule is CC12CCCN1N(Cc1cc(F)ccc1F)C(=O)C(C(=O)Nc1cc(F)c(Br)c(F)c1)=C2O. The second-order valence-electron chi connectivity index (χ2n) is 8.03. The van der Waals surface area contributed by atoms with E-state index in [1.165, 1.54) is 5.01 Å². The second-order valence-corrected chi connectivity index (χ2v) is 8.82. The number of nitrogens with zero attached hydrogens (tertiary/aromatic N) is 2. The third kappa shape index (κ3) is 3.99. The highest BCUT2D eigenvalue weighted by molar-refractivity contribution is 9.10. The molecule has 6 nitrogen and oxygen atoms in total. The van der Waals surface area contributed by atoms with Gasteiger partial charge in [0.15, 0.2) is 0 Å². The summed E-state index contributed by atoms with van der Waals surface area (Å²) in [4.78, 5) is 26.2. The van der Waals surface area contributed by atoms with Crippen LogP contribution in [-0.4, -0.2) is 39.0 Å². The molecule has 0 saturated carbocycles. The Morgan fingerprint density at radius 1 is 1.15 bits per heavy atom. The minimum atomic E-state index is -1.15. The maximum absolute atomic E-state index is 14.3. The summed E-state index contributed by atoms with van der Waals surface area (Å²) in [6, 6.07) is 4.51. The average Bonchev–Trinajstić information content (AvgIpc) is 3.15. The number of halogens is 5. The van der Waals surface area contributed by atoms with Gasteiger partial charge in [-0.2, -0.15) is 0 Å². The lowest BCUT2D eigenvalue weighted by Gasteiger charge is -2.46. The van der Waals surface area contributed by atoms with E-state index in [2.05, 4.69) is 21.2 Å². The van der Waals surface area contributed by atoms with E-state index in [1.807, 2.05) is 0 Å². The van der Waals surface area contributed by atoms with Crippen molar-refractivity contribution in [2.75, 3.05) is 11.9 Å². The molecule has 1 atom stereocenters. The van der Waals surface area contributed by atoms with Gasteiger partial charge in [0.05, 0.1) is 16.6 Å². The largest absolute Gasteiger partial charge is 0.509 e. The van der Waals surface area contributed by atoms with Gasteiger partial charge in [0.2, 0.25) is 0 Å². The normalized spacial score (nSPS) is 20.9. The van der Waals surface area contributed by atoms with Crippen LogP contribution in [0.2, 0.25) is 0 Å². The quantitative estimate of drug-likeness (QED) is 0.347. The minimum absolute atomic E-state index is 0.115. The van der Waals surface area contributed by atoms with Gasteiger partial charge in [0.25, 0.3) is 11.8 Å². The van der Waals surface area contributed by atoms with E-state index in [9.17, 15) is 32.3 Å². The van der Waals surface area contributed by atoms with Crippen molar-refractivity contribution in [3.63, 3.8) is 0 Å². The summed E-state index contributed by atoms with van der Waals surface area (Å²) in [6.07, 6.45) is 0.945. The predicted octanol–water partition coefficient (Wildman–Crippen LogP) is 4.57. The Morgan fingerprint density at radius 2 is 1.82 bits per heavy atom. The molecule has 2 aliphatic heterocycles. The molecule has 4 rings (SSSR count). The zero-order chi connectivity index (χ0) is 24.1. The van der Waals surface area contributed by atoms with Gasteiger partial charge in [-0.05, 0) is 66.0 Å². The van der Waals surface area contributed by atoms with E-state index < -0.39 is 56.4 Å². The summed E-state index contributed by atoms with van der Waals surface area (Å²) >= 11 is 2.73. The number of fused-ring (bicyclic) bond motifs is 1. The number of carbonyl (C=O) groups is 2. The highest BCUT2D eigenvalue weighted by atomic mass is 79.9. The molecule has 33 heavy (non-hydrogen) atoms. The number of nitrogens with one attached hydrogen (secondary N) is 1. The number of hydrogen-bond donors (Lipinski definition) is 2. The van der Waals surface area contributed by atoms with Crippen molar-refractivity contribution in [3.8, 4) is 0 Å². The first-order valence-electron chi connectivity index (χ1n) is 9.96. The molecule has 0 radical (unpaired) electrons.